The molecule has 3 unspecified atom stereocenters. The van der Waals surface area contributed by atoms with Gasteiger partial charge in [0.1, 0.15) is 11.7 Å². The van der Waals surface area contributed by atoms with E-state index in [0.29, 0.717) is 13.1 Å². The lowest BCUT2D eigenvalue weighted by Gasteiger charge is -2.38. The van der Waals surface area contributed by atoms with Crippen LogP contribution in [-0.2, 0) is 11.3 Å². The number of carbonyl (C=O) groups is 2. The molecule has 1 fully saturated rings. The third-order valence-electron chi connectivity index (χ3n) is 7.19. The molecule has 2 aromatic rings. The van der Waals surface area contributed by atoms with Crippen LogP contribution in [0.2, 0.25) is 0 Å². The first-order chi connectivity index (χ1) is 16.4. The molecule has 1 N–H and O–H groups in total. The lowest BCUT2D eigenvalue weighted by molar-refractivity contribution is -0.127. The van der Waals surface area contributed by atoms with Gasteiger partial charge in [0, 0.05) is 25.7 Å². The van der Waals surface area contributed by atoms with Gasteiger partial charge in [0.2, 0.25) is 5.91 Å². The quantitative estimate of drug-likeness (QED) is 0.554. The number of rotatable bonds is 8. The first-order valence-electron chi connectivity index (χ1n) is 13.3. The second-order valence-corrected chi connectivity index (χ2v) is 10.9. The van der Waals surface area contributed by atoms with Crippen LogP contribution in [0.3, 0.4) is 0 Å². The highest BCUT2D eigenvalue weighted by molar-refractivity contribution is 7.17. The highest BCUT2D eigenvalue weighted by atomic mass is 32.1. The van der Waals surface area contributed by atoms with Crippen LogP contribution < -0.4 is 5.32 Å². The molecule has 2 aliphatic rings. The van der Waals surface area contributed by atoms with Crippen molar-refractivity contribution in [3.8, 4) is 0 Å². The fourth-order valence-corrected chi connectivity index (χ4v) is 6.44. The predicted molar refractivity (Wildman–Crippen MR) is 143 cm³/mol. The van der Waals surface area contributed by atoms with Crippen LogP contribution in [0, 0.1) is 11.8 Å². The number of nitrogens with zero attached hydrogens (tertiary/aromatic N) is 3. The summed E-state index contributed by atoms with van der Waals surface area (Å²) in [5.41, 5.74) is 1.79. The summed E-state index contributed by atoms with van der Waals surface area (Å²) in [5.74, 6) is 1.43. The Morgan fingerprint density at radius 3 is 2.44 bits per heavy atom. The minimum absolute atomic E-state index is 0.00951. The molecule has 4 rings (SSSR count). The molecular formula is C27H44N4O2S. The van der Waals surface area contributed by atoms with Gasteiger partial charge in [-0.15, -0.1) is 11.3 Å². The molecular weight excluding hydrogens is 444 g/mol. The van der Waals surface area contributed by atoms with E-state index in [1.165, 1.54) is 6.42 Å². The molecule has 6 nitrogen and oxygen atoms in total. The Balaban J connectivity index is 0.00000158. The maximum Gasteiger partial charge on any atom is 0.271 e. The van der Waals surface area contributed by atoms with Crippen molar-refractivity contribution < 1.29 is 9.59 Å². The van der Waals surface area contributed by atoms with Crippen LogP contribution in [0.15, 0.2) is 17.5 Å². The maximum atomic E-state index is 13.5. The van der Waals surface area contributed by atoms with Crippen LogP contribution in [0.4, 0.5) is 0 Å². The topological polar surface area (TPSA) is 57.6 Å². The number of fused-ring (bicyclic) bond motifs is 3. The van der Waals surface area contributed by atoms with Crippen molar-refractivity contribution in [2.24, 2.45) is 11.8 Å². The Morgan fingerprint density at radius 2 is 1.79 bits per heavy atom. The van der Waals surface area contributed by atoms with Crippen molar-refractivity contribution in [2.45, 2.75) is 85.9 Å². The average molecular weight is 489 g/mol. The lowest BCUT2D eigenvalue weighted by atomic mass is 9.92. The number of carbonyl (C=O) groups excluding carboxylic acids is 2. The first-order valence-corrected chi connectivity index (χ1v) is 14.2. The van der Waals surface area contributed by atoms with Crippen molar-refractivity contribution in [1.29, 1.82) is 0 Å². The summed E-state index contributed by atoms with van der Waals surface area (Å²) in [6.45, 7) is 17.3. The molecule has 2 aromatic heterocycles. The standard InChI is InChI=1S/C25H38N4O2S.C2H6/c1-5-19(6-2)26-24(30)22-16-29-20-8-11-32-23(20)13-21(29)25(31)28(22)10-7-9-27-14-17(3)12-18(4)15-27;1-2/h8,11,13,17-19,22H,5-7,9-10,12,14-16H2,1-4H3,(H,26,30);1-2H3. The van der Waals surface area contributed by atoms with Crippen LogP contribution >= 0.6 is 11.3 Å². The first kappa shape index (κ1) is 26.7. The van der Waals surface area contributed by atoms with Crippen LogP contribution in [0.1, 0.15) is 77.7 Å². The third kappa shape index (κ3) is 5.85. The Hall–Kier alpha value is -1.86. The van der Waals surface area contributed by atoms with Gasteiger partial charge in [0.05, 0.1) is 16.8 Å². The zero-order chi connectivity index (χ0) is 24.8. The normalized spacial score (nSPS) is 23.1. The predicted octanol–water partition coefficient (Wildman–Crippen LogP) is 5.23. The molecule has 0 spiro atoms. The second kappa shape index (κ2) is 12.2. The van der Waals surface area contributed by atoms with Crippen LogP contribution in [0.5, 0.6) is 0 Å². The van der Waals surface area contributed by atoms with Gasteiger partial charge in [-0.2, -0.15) is 0 Å². The smallest absolute Gasteiger partial charge is 0.271 e. The minimum atomic E-state index is -0.453. The summed E-state index contributed by atoms with van der Waals surface area (Å²) in [6, 6.07) is 3.76. The average Bonchev–Trinajstić information content (AvgIpc) is 3.41. The summed E-state index contributed by atoms with van der Waals surface area (Å²) in [7, 11) is 0. The summed E-state index contributed by atoms with van der Waals surface area (Å²) >= 11 is 1.65. The van der Waals surface area contributed by atoms with E-state index in [1.807, 2.05) is 24.8 Å². The van der Waals surface area contributed by atoms with Crippen molar-refractivity contribution in [3.63, 3.8) is 0 Å². The molecule has 4 heterocycles. The van der Waals surface area contributed by atoms with Gasteiger partial charge >= 0.3 is 0 Å². The number of likely N-dealkylation sites (tertiary alicyclic amines) is 1. The largest absolute Gasteiger partial charge is 0.352 e. The van der Waals surface area contributed by atoms with Gasteiger partial charge in [-0.1, -0.05) is 41.5 Å². The minimum Gasteiger partial charge on any atom is -0.352 e. The van der Waals surface area contributed by atoms with E-state index in [4.69, 9.17) is 0 Å². The van der Waals surface area contributed by atoms with Crippen LogP contribution in [0.25, 0.3) is 10.2 Å². The number of amides is 2. The van der Waals surface area contributed by atoms with Gasteiger partial charge < -0.3 is 19.7 Å². The number of hydrogen-bond donors (Lipinski definition) is 1. The van der Waals surface area contributed by atoms with E-state index in [0.717, 1.165) is 66.6 Å². The molecule has 0 saturated carbocycles. The van der Waals surface area contributed by atoms with Crippen LogP contribution in [-0.4, -0.2) is 64.4 Å². The third-order valence-corrected chi connectivity index (χ3v) is 8.04. The van der Waals surface area contributed by atoms with Crippen molar-refractivity contribution in [2.75, 3.05) is 26.2 Å². The molecule has 190 valence electrons. The molecule has 34 heavy (non-hydrogen) atoms. The molecule has 3 atom stereocenters. The Morgan fingerprint density at radius 1 is 1.12 bits per heavy atom. The molecule has 2 aliphatic heterocycles. The van der Waals surface area contributed by atoms with E-state index in [9.17, 15) is 9.59 Å². The number of thiophene rings is 1. The van der Waals surface area contributed by atoms with Gasteiger partial charge in [0.25, 0.3) is 5.91 Å². The molecule has 2 amide bonds. The summed E-state index contributed by atoms with van der Waals surface area (Å²) in [6.07, 6.45) is 4.00. The van der Waals surface area contributed by atoms with Gasteiger partial charge in [0.15, 0.2) is 0 Å². The molecule has 0 radical (unpaired) electrons. The molecule has 0 aromatic carbocycles. The molecule has 0 aliphatic carbocycles. The number of hydrogen-bond acceptors (Lipinski definition) is 4. The zero-order valence-corrected chi connectivity index (χ0v) is 22.8. The number of aromatic nitrogens is 1. The Labute approximate surface area is 209 Å². The van der Waals surface area contributed by atoms with E-state index in [1.54, 1.807) is 11.3 Å². The van der Waals surface area contributed by atoms with E-state index >= 15 is 0 Å². The van der Waals surface area contributed by atoms with E-state index in [-0.39, 0.29) is 17.9 Å². The number of nitrogens with one attached hydrogen (secondary N) is 1. The molecule has 1 saturated heterocycles. The highest BCUT2D eigenvalue weighted by Gasteiger charge is 2.38. The molecule has 0 bridgehead atoms. The fourth-order valence-electron chi connectivity index (χ4n) is 5.62. The lowest BCUT2D eigenvalue weighted by Crippen LogP contribution is -2.57. The summed E-state index contributed by atoms with van der Waals surface area (Å²) in [4.78, 5) is 31.2. The number of piperidine rings is 1. The van der Waals surface area contributed by atoms with E-state index < -0.39 is 6.04 Å². The van der Waals surface area contributed by atoms with E-state index in [2.05, 4.69) is 53.9 Å². The fraction of sp³-hybridized carbons (Fsp3) is 0.704. The summed E-state index contributed by atoms with van der Waals surface area (Å²) < 4.78 is 3.17. The van der Waals surface area contributed by atoms with Gasteiger partial charge in [-0.3, -0.25) is 9.59 Å². The zero-order valence-electron chi connectivity index (χ0n) is 22.0. The molecule has 7 heteroatoms. The van der Waals surface area contributed by atoms with Gasteiger partial charge in [-0.25, -0.2) is 0 Å². The maximum absolute atomic E-state index is 13.5. The van der Waals surface area contributed by atoms with Crippen molar-refractivity contribution >= 4 is 33.4 Å². The van der Waals surface area contributed by atoms with Gasteiger partial charge in [-0.05, 0) is 61.6 Å². The monoisotopic (exact) mass is 488 g/mol. The summed E-state index contributed by atoms with van der Waals surface area (Å²) in [5, 5.41) is 5.25. The second-order valence-electron chi connectivity index (χ2n) is 9.91. The van der Waals surface area contributed by atoms with Crippen molar-refractivity contribution in [3.05, 3.63) is 23.2 Å². The SMILES string of the molecule is CC.CCC(CC)NC(=O)C1Cn2c(cc3sccc32)C(=O)N1CCCN1CC(C)CC(C)C1. The Bertz CT molecular complexity index is 938. The van der Waals surface area contributed by atoms with Crippen molar-refractivity contribution in [1.82, 2.24) is 19.7 Å². The Kier molecular flexibility index (Phi) is 9.60. The highest BCUT2D eigenvalue weighted by Crippen LogP contribution is 2.30.